The van der Waals surface area contributed by atoms with Gasteiger partial charge in [-0.1, -0.05) is 133 Å². The Morgan fingerprint density at radius 1 is 0.660 bits per heavy atom. The van der Waals surface area contributed by atoms with Crippen molar-refractivity contribution in [2.75, 3.05) is 10.5 Å². The second kappa shape index (κ2) is 16.3. The van der Waals surface area contributed by atoms with Crippen LogP contribution < -0.4 is 21.4 Å². The smallest absolute Gasteiger partial charge is 0.423 e. The van der Waals surface area contributed by atoms with Crippen molar-refractivity contribution in [3.63, 3.8) is 0 Å². The van der Waals surface area contributed by atoms with E-state index in [-0.39, 0.29) is 6.98 Å². The maximum atomic E-state index is 9.41. The predicted molar refractivity (Wildman–Crippen MR) is 217 cm³/mol. The van der Waals surface area contributed by atoms with Crippen molar-refractivity contribution < 1.29 is 24.2 Å². The minimum absolute atomic E-state index is 0.0429. The van der Waals surface area contributed by atoms with E-state index in [1.54, 1.807) is 6.07 Å². The topological polar surface area (TPSA) is 156 Å². The molecule has 6 aromatic rings. The molecule has 0 fully saturated rings. The molecule has 0 spiro atoms. The third kappa shape index (κ3) is 7.91. The first-order valence-corrected chi connectivity index (χ1v) is 17.9. The number of hydrogen-bond donors (Lipinski definition) is 6. The number of nitroso groups, excluding NO2 is 1. The van der Waals surface area contributed by atoms with E-state index in [0.29, 0.717) is 5.46 Å². The van der Waals surface area contributed by atoms with E-state index in [1.165, 1.54) is 61.0 Å². The minimum atomic E-state index is -2.08. The van der Waals surface area contributed by atoms with Gasteiger partial charge >= 0.3 is 14.1 Å². The number of allylic oxidation sites excluding steroid dienone is 2. The third-order valence-corrected chi connectivity index (χ3v) is 9.75. The molecule has 53 heavy (non-hydrogen) atoms. The molecule has 6 N–H and O–H groups in total. The van der Waals surface area contributed by atoms with Gasteiger partial charge in [-0.05, 0) is 90.3 Å². The van der Waals surface area contributed by atoms with Crippen molar-refractivity contribution in [1.29, 1.82) is 0 Å². The molecule has 9 rings (SSSR count). The van der Waals surface area contributed by atoms with E-state index in [0.717, 1.165) is 24.0 Å². The van der Waals surface area contributed by atoms with Crippen LogP contribution >= 0.6 is 0 Å². The average molecular weight is 720 g/mol. The Morgan fingerprint density at radius 3 is 1.74 bits per heavy atom. The van der Waals surface area contributed by atoms with Crippen molar-refractivity contribution in [3.8, 4) is 0 Å². The predicted octanol–water partition coefficient (Wildman–Crippen LogP) is 6.98. The van der Waals surface area contributed by atoms with Gasteiger partial charge in [0.1, 0.15) is 0 Å². The molecule has 1 aliphatic heterocycles. The summed E-state index contributed by atoms with van der Waals surface area (Å²) >= 11 is -2.08. The Bertz CT molecular complexity index is 2360. The largest absolute Gasteiger partial charge is 0.489 e. The fourth-order valence-corrected chi connectivity index (χ4v) is 7.18. The van der Waals surface area contributed by atoms with Gasteiger partial charge in [-0.25, -0.2) is 5.26 Å². The summed E-state index contributed by atoms with van der Waals surface area (Å²) in [6.07, 6.45) is 6.30. The summed E-state index contributed by atoms with van der Waals surface area (Å²) < 4.78 is 13.5. The van der Waals surface area contributed by atoms with Gasteiger partial charge in [-0.3, -0.25) is 4.55 Å². The number of fused-ring (bicyclic) bond motifs is 2. The summed E-state index contributed by atoms with van der Waals surface area (Å²) in [5.41, 5.74) is 14.2. The van der Waals surface area contributed by atoms with Gasteiger partial charge < -0.3 is 20.5 Å². The first kappa shape index (κ1) is 35.7. The molecule has 1 atom stereocenters. The molecule has 0 saturated heterocycles. The SMILES string of the molecule is C1=C(c2ccccc2B2Nc3cccc4cccc(c34)N2)Cc2ccccc21.O=N/N=S(\O)OO.OB(O)c1ccccc1C1=Cc2ccccc2C1. The van der Waals surface area contributed by atoms with Gasteiger partial charge in [-0.15, -0.1) is 9.24 Å². The van der Waals surface area contributed by atoms with Gasteiger partial charge in [-0.2, -0.15) is 0 Å². The molecule has 10 nitrogen and oxygen atoms in total. The lowest BCUT2D eigenvalue weighted by Crippen LogP contribution is -2.49. The molecule has 1 heterocycles. The van der Waals surface area contributed by atoms with Gasteiger partial charge in [0.2, 0.25) is 11.3 Å². The van der Waals surface area contributed by atoms with Crippen LogP contribution in [0.4, 0.5) is 11.4 Å². The Hall–Kier alpha value is -5.66. The molecule has 0 aromatic heterocycles. The highest BCUT2D eigenvalue weighted by Crippen LogP contribution is 2.35. The van der Waals surface area contributed by atoms with Crippen LogP contribution in [0.5, 0.6) is 0 Å². The van der Waals surface area contributed by atoms with Crippen LogP contribution in [0.15, 0.2) is 143 Å². The van der Waals surface area contributed by atoms with E-state index in [9.17, 15) is 10.0 Å². The molecule has 2 aliphatic carbocycles. The lowest BCUT2D eigenvalue weighted by molar-refractivity contribution is -0.127. The second-order valence-electron chi connectivity index (χ2n) is 12.5. The first-order valence-electron chi connectivity index (χ1n) is 16.9. The Morgan fingerprint density at radius 2 is 1.19 bits per heavy atom. The van der Waals surface area contributed by atoms with Gasteiger partial charge in [0.05, 0.1) is 5.29 Å². The lowest BCUT2D eigenvalue weighted by Gasteiger charge is -2.28. The molecule has 3 aliphatic rings. The van der Waals surface area contributed by atoms with E-state index < -0.39 is 18.4 Å². The maximum absolute atomic E-state index is 9.41. The Kier molecular flexibility index (Phi) is 11.0. The zero-order valence-corrected chi connectivity index (χ0v) is 29.1. The standard InChI is InChI=1S/C25H19BN2.C15H13BO2.H2N2O4S/c1-2-8-19-16-20(15-18(19)7-1)21-11-3-4-12-22(21)26-27-23-13-5-9-17-10-6-14-24(28-26)25(17)23;17-16(18)15-8-4-3-7-14(15)13-9-11-5-1-2-6-12(11)10-13;3-1-2-7(5)6-4/h1-15,27-28H,16H2;1-9,17-18H,10H2;4H,(H,2,3,5). The third-order valence-electron chi connectivity index (χ3n) is 9.41. The summed E-state index contributed by atoms with van der Waals surface area (Å²) in [5.74, 6) is 0. The first-order chi connectivity index (χ1) is 25.9. The summed E-state index contributed by atoms with van der Waals surface area (Å²) in [6, 6.07) is 46.0. The van der Waals surface area contributed by atoms with Crippen molar-refractivity contribution >= 4 is 81.7 Å². The number of anilines is 2. The molecular weight excluding hydrogens is 686 g/mol. The summed E-state index contributed by atoms with van der Waals surface area (Å²) in [6.45, 7) is 0.0429. The number of nitrogens with zero attached hydrogens (tertiary/aromatic N) is 2. The Labute approximate surface area is 309 Å². The van der Waals surface area contributed by atoms with Gasteiger partial charge in [0.25, 0.3) is 0 Å². The highest BCUT2D eigenvalue weighted by molar-refractivity contribution is 7.76. The minimum Gasteiger partial charge on any atom is -0.423 e. The molecule has 1 unspecified atom stereocenters. The summed E-state index contributed by atoms with van der Waals surface area (Å²) in [4.78, 5) is 9.01. The van der Waals surface area contributed by atoms with E-state index >= 15 is 0 Å². The number of benzene rings is 6. The number of nitrogens with one attached hydrogen (secondary N) is 2. The average Bonchev–Trinajstić information content (AvgIpc) is 3.84. The van der Waals surface area contributed by atoms with Crippen molar-refractivity contribution in [2.45, 2.75) is 12.8 Å². The van der Waals surface area contributed by atoms with Crippen LogP contribution in [0.1, 0.15) is 33.4 Å². The molecule has 0 amide bonds. The quantitative estimate of drug-likeness (QED) is 0.0466. The number of hydrogen-bond acceptors (Lipinski definition) is 7. The maximum Gasteiger partial charge on any atom is 0.489 e. The van der Waals surface area contributed by atoms with Crippen molar-refractivity contribution in [3.05, 3.63) is 172 Å². The molecule has 0 radical (unpaired) electrons. The highest BCUT2D eigenvalue weighted by atomic mass is 32.2. The van der Waals surface area contributed by atoms with Crippen LogP contribution in [-0.4, -0.2) is 34.0 Å². The van der Waals surface area contributed by atoms with E-state index in [4.69, 9.17) is 14.7 Å². The monoisotopic (exact) mass is 720 g/mol. The molecule has 262 valence electrons. The van der Waals surface area contributed by atoms with Gasteiger partial charge in [0.15, 0.2) is 0 Å². The molecule has 0 saturated carbocycles. The fourth-order valence-electron chi connectivity index (χ4n) is 7.09. The van der Waals surface area contributed by atoms with E-state index in [1.807, 2.05) is 35.6 Å². The number of rotatable bonds is 6. The Balaban J connectivity index is 0.000000149. The normalized spacial score (nSPS) is 13.8. The fraction of sp³-hybridized carbons (Fsp3) is 0.0500. The van der Waals surface area contributed by atoms with Crippen molar-refractivity contribution in [1.82, 2.24) is 0 Å². The second-order valence-corrected chi connectivity index (χ2v) is 13.3. The highest BCUT2D eigenvalue weighted by Gasteiger charge is 2.29. The zero-order chi connectivity index (χ0) is 36.7. The lowest BCUT2D eigenvalue weighted by atomic mass is 9.63. The molecule has 6 aromatic carbocycles. The van der Waals surface area contributed by atoms with Crippen LogP contribution in [0, 0.1) is 4.91 Å². The van der Waals surface area contributed by atoms with Crippen LogP contribution in [0.2, 0.25) is 0 Å². The molecule has 0 bridgehead atoms. The zero-order valence-electron chi connectivity index (χ0n) is 28.3. The van der Waals surface area contributed by atoms with Gasteiger partial charge in [0, 0.05) is 16.8 Å². The van der Waals surface area contributed by atoms with Crippen molar-refractivity contribution in [2.24, 2.45) is 9.76 Å². The molecule has 13 heteroatoms. The summed E-state index contributed by atoms with van der Waals surface area (Å²) in [7, 11) is -1.43. The summed E-state index contributed by atoms with van der Waals surface area (Å²) in [5, 5.41) is 38.1. The molecular formula is C40H34B2N4O6S. The van der Waals surface area contributed by atoms with Crippen LogP contribution in [0.3, 0.4) is 0 Å². The van der Waals surface area contributed by atoms with Crippen LogP contribution in [0.25, 0.3) is 34.1 Å². The van der Waals surface area contributed by atoms with E-state index in [2.05, 4.69) is 128 Å². The van der Waals surface area contributed by atoms with Crippen LogP contribution in [-0.2, 0) is 28.4 Å².